The molecule has 0 heterocycles. The van der Waals surface area contributed by atoms with E-state index in [4.69, 9.17) is 4.91 Å². The Morgan fingerprint density at radius 1 is 1.18 bits per heavy atom. The van der Waals surface area contributed by atoms with Crippen LogP contribution in [0.5, 0.6) is 0 Å². The highest BCUT2D eigenvalue weighted by molar-refractivity contribution is 5.77. The Hall–Kier alpha value is -1.08. The standard InChI is InChI=1S/C3F5NO2/c4-1(10)2(5,6)3(7,8)9-11. The van der Waals surface area contributed by atoms with E-state index in [0.29, 0.717) is 5.18 Å². The summed E-state index contributed by atoms with van der Waals surface area (Å²) in [5.41, 5.74) is 0. The maximum Gasteiger partial charge on any atom is 0.450 e. The van der Waals surface area contributed by atoms with Crippen molar-refractivity contribution in [3.63, 3.8) is 0 Å². The predicted octanol–water partition coefficient (Wildman–Crippen LogP) is 1.48. The number of hydrogen-bond donors (Lipinski definition) is 0. The second kappa shape index (κ2) is 2.51. The van der Waals surface area contributed by atoms with E-state index >= 15 is 0 Å². The summed E-state index contributed by atoms with van der Waals surface area (Å²) in [6.45, 7) is 0. The van der Waals surface area contributed by atoms with Crippen LogP contribution >= 0.6 is 0 Å². The molecule has 0 bridgehead atoms. The molecule has 0 rings (SSSR count). The quantitative estimate of drug-likeness (QED) is 0.283. The smallest absolute Gasteiger partial charge is 0.254 e. The Labute approximate surface area is 56.2 Å². The molecule has 0 spiro atoms. The van der Waals surface area contributed by atoms with Gasteiger partial charge < -0.3 is 0 Å². The second-order valence-corrected chi connectivity index (χ2v) is 1.48. The van der Waals surface area contributed by atoms with Crippen molar-refractivity contribution in [3.05, 3.63) is 4.91 Å². The largest absolute Gasteiger partial charge is 0.450 e. The van der Waals surface area contributed by atoms with Crippen molar-refractivity contribution in [2.45, 2.75) is 12.0 Å². The summed E-state index contributed by atoms with van der Waals surface area (Å²) < 4.78 is 57.2. The van der Waals surface area contributed by atoms with Crippen molar-refractivity contribution in [1.82, 2.24) is 0 Å². The molecule has 8 heteroatoms. The van der Waals surface area contributed by atoms with E-state index in [2.05, 4.69) is 0 Å². The molecule has 3 nitrogen and oxygen atoms in total. The van der Waals surface area contributed by atoms with Gasteiger partial charge in [0.25, 0.3) is 0 Å². The van der Waals surface area contributed by atoms with E-state index in [-0.39, 0.29) is 0 Å². The van der Waals surface area contributed by atoms with Crippen molar-refractivity contribution >= 4 is 6.04 Å². The average molecular weight is 177 g/mol. The highest BCUT2D eigenvalue weighted by Gasteiger charge is 2.65. The Morgan fingerprint density at radius 3 is 1.64 bits per heavy atom. The molecule has 0 aromatic heterocycles. The molecule has 64 valence electrons. The Morgan fingerprint density at radius 2 is 1.55 bits per heavy atom. The third-order valence-corrected chi connectivity index (χ3v) is 0.739. The minimum absolute atomic E-state index is 0.619. The number of carbonyl (C=O) groups excluding carboxylic acids is 1. The molecule has 11 heavy (non-hydrogen) atoms. The van der Waals surface area contributed by atoms with Gasteiger partial charge >= 0.3 is 18.0 Å². The van der Waals surface area contributed by atoms with Crippen LogP contribution < -0.4 is 0 Å². The SMILES string of the molecule is O=NC(F)(F)C(F)(F)C(=O)F. The molecule has 0 radical (unpaired) electrons. The zero-order valence-corrected chi connectivity index (χ0v) is 4.65. The molecule has 0 N–H and O–H groups in total. The van der Waals surface area contributed by atoms with Crippen molar-refractivity contribution in [3.8, 4) is 0 Å². The summed E-state index contributed by atoms with van der Waals surface area (Å²) in [7, 11) is 0. The molecule has 0 unspecified atom stereocenters. The summed E-state index contributed by atoms with van der Waals surface area (Å²) in [6, 6.07) is -9.12. The zero-order valence-electron chi connectivity index (χ0n) is 4.65. The van der Waals surface area contributed by atoms with Crippen LogP contribution in [-0.2, 0) is 4.79 Å². The van der Waals surface area contributed by atoms with Crippen LogP contribution in [0.25, 0.3) is 0 Å². The number of nitroso groups, excluding NO2 is 1. The number of rotatable bonds is 3. The van der Waals surface area contributed by atoms with Gasteiger partial charge in [0.05, 0.1) is 0 Å². The lowest BCUT2D eigenvalue weighted by Gasteiger charge is -2.13. The van der Waals surface area contributed by atoms with Crippen LogP contribution in [0, 0.1) is 4.91 Å². The monoisotopic (exact) mass is 177 g/mol. The first-order valence-corrected chi connectivity index (χ1v) is 2.06. The number of carbonyl (C=O) groups is 1. The first-order valence-electron chi connectivity index (χ1n) is 2.06. The Kier molecular flexibility index (Phi) is 2.27. The van der Waals surface area contributed by atoms with Gasteiger partial charge in [0.2, 0.25) is 0 Å². The molecule has 0 saturated heterocycles. The van der Waals surface area contributed by atoms with Crippen LogP contribution in [0.15, 0.2) is 5.18 Å². The number of halogens is 5. The van der Waals surface area contributed by atoms with Crippen molar-refractivity contribution in [2.75, 3.05) is 0 Å². The number of alkyl halides is 4. The molecule has 0 saturated carbocycles. The first kappa shape index (κ1) is 9.92. The minimum Gasteiger partial charge on any atom is -0.254 e. The first-order chi connectivity index (χ1) is 4.75. The number of hydrogen-bond acceptors (Lipinski definition) is 3. The van der Waals surface area contributed by atoms with E-state index in [1.54, 1.807) is 0 Å². The van der Waals surface area contributed by atoms with Crippen molar-refractivity contribution in [1.29, 1.82) is 0 Å². The maximum atomic E-state index is 11.6. The fraction of sp³-hybridized carbons (Fsp3) is 0.667. The van der Waals surface area contributed by atoms with Gasteiger partial charge in [-0.25, -0.2) is 0 Å². The summed E-state index contributed by atoms with van der Waals surface area (Å²) in [6.07, 6.45) is 0. The Balaban J connectivity index is 4.81. The predicted molar refractivity (Wildman–Crippen MR) is 21.8 cm³/mol. The van der Waals surface area contributed by atoms with Crippen molar-refractivity contribution in [2.24, 2.45) is 5.18 Å². The maximum absolute atomic E-state index is 11.6. The fourth-order valence-corrected chi connectivity index (χ4v) is 0.176. The van der Waals surface area contributed by atoms with Crippen LogP contribution in [0.2, 0.25) is 0 Å². The molecule has 0 aliphatic carbocycles. The lowest BCUT2D eigenvalue weighted by Crippen LogP contribution is -2.43. The zero-order chi connectivity index (χ0) is 9.28. The molecule has 0 aromatic carbocycles. The van der Waals surface area contributed by atoms with Gasteiger partial charge in [0.15, 0.2) is 0 Å². The molecular formula is C3F5NO2. The highest BCUT2D eigenvalue weighted by atomic mass is 19.3. The van der Waals surface area contributed by atoms with E-state index in [0.717, 1.165) is 0 Å². The molecular weight excluding hydrogens is 177 g/mol. The summed E-state index contributed by atoms with van der Waals surface area (Å²) >= 11 is 0. The van der Waals surface area contributed by atoms with Gasteiger partial charge in [-0.2, -0.15) is 22.0 Å². The van der Waals surface area contributed by atoms with Gasteiger partial charge in [-0.15, -0.1) is 4.91 Å². The molecule has 0 fully saturated rings. The third kappa shape index (κ3) is 1.49. The van der Waals surface area contributed by atoms with Gasteiger partial charge in [0.1, 0.15) is 0 Å². The van der Waals surface area contributed by atoms with Gasteiger partial charge in [0, 0.05) is 5.18 Å². The van der Waals surface area contributed by atoms with Crippen LogP contribution in [-0.4, -0.2) is 18.0 Å². The van der Waals surface area contributed by atoms with E-state index in [1.807, 2.05) is 0 Å². The van der Waals surface area contributed by atoms with E-state index in [1.165, 1.54) is 0 Å². The summed E-state index contributed by atoms with van der Waals surface area (Å²) in [5.74, 6) is -5.67. The van der Waals surface area contributed by atoms with Gasteiger partial charge in [-0.05, 0) is 0 Å². The highest BCUT2D eigenvalue weighted by Crippen LogP contribution is 2.35. The van der Waals surface area contributed by atoms with E-state index in [9.17, 15) is 26.7 Å². The van der Waals surface area contributed by atoms with Crippen LogP contribution in [0.3, 0.4) is 0 Å². The van der Waals surface area contributed by atoms with Crippen LogP contribution in [0.1, 0.15) is 0 Å². The Bertz CT molecular complexity index is 190. The summed E-state index contributed by atoms with van der Waals surface area (Å²) in [4.78, 5) is 18.2. The van der Waals surface area contributed by atoms with Gasteiger partial charge in [-0.3, -0.25) is 4.79 Å². The lowest BCUT2D eigenvalue weighted by atomic mass is 10.3. The molecule has 0 aliphatic heterocycles. The molecule has 0 atom stereocenters. The topological polar surface area (TPSA) is 46.5 Å². The summed E-state index contributed by atoms with van der Waals surface area (Å²) in [5, 5.41) is 0.619. The van der Waals surface area contributed by atoms with E-state index < -0.39 is 18.0 Å². The molecule has 0 amide bonds. The average Bonchev–Trinajstić information content (AvgIpc) is 1.87. The fourth-order valence-electron chi connectivity index (χ4n) is 0.176. The lowest BCUT2D eigenvalue weighted by molar-refractivity contribution is -0.214. The number of nitrogens with zero attached hydrogens (tertiary/aromatic N) is 1. The third-order valence-electron chi connectivity index (χ3n) is 0.739. The van der Waals surface area contributed by atoms with Crippen molar-refractivity contribution < 1.29 is 26.7 Å². The molecule has 0 aromatic rings. The van der Waals surface area contributed by atoms with Crippen LogP contribution in [0.4, 0.5) is 22.0 Å². The second-order valence-electron chi connectivity index (χ2n) is 1.48. The van der Waals surface area contributed by atoms with Gasteiger partial charge in [-0.1, -0.05) is 0 Å². The molecule has 0 aliphatic rings. The normalized spacial score (nSPS) is 12.8. The minimum atomic E-state index is -5.67.